The smallest absolute Gasteiger partial charge is 0.347 e. The van der Waals surface area contributed by atoms with Gasteiger partial charge in [0.25, 0.3) is 6.47 Å². The predicted octanol–water partition coefficient (Wildman–Crippen LogP) is 1.33. The molecule has 1 aromatic rings. The van der Waals surface area contributed by atoms with Crippen molar-refractivity contribution in [3.63, 3.8) is 0 Å². The fourth-order valence-electron chi connectivity index (χ4n) is 1.17. The molecule has 4 nitrogen and oxygen atoms in total. The van der Waals surface area contributed by atoms with E-state index in [1.807, 2.05) is 30.3 Å². The molecule has 0 aromatic heterocycles. The predicted molar refractivity (Wildman–Crippen MR) is 57.7 cm³/mol. The Bertz CT molecular complexity index is 334. The second kappa shape index (κ2) is 6.61. The first-order valence-electron chi connectivity index (χ1n) is 5.03. The molecule has 1 aromatic carbocycles. The van der Waals surface area contributed by atoms with Crippen molar-refractivity contribution in [2.75, 3.05) is 6.61 Å². The first kappa shape index (κ1) is 12.2. The van der Waals surface area contributed by atoms with Crippen LogP contribution in [-0.4, -0.2) is 25.2 Å². The van der Waals surface area contributed by atoms with Gasteiger partial charge in [-0.15, -0.1) is 0 Å². The Labute approximate surface area is 94.2 Å². The standard InChI is InChI=1S/C12H14O4/c1-10(16-9-13)12(14)15-8-7-11-5-3-2-4-6-11/h2-6,9-10H,7-8H2,1H3. The summed E-state index contributed by atoms with van der Waals surface area (Å²) in [5.41, 5.74) is 1.10. The molecular formula is C12H14O4. The molecular weight excluding hydrogens is 208 g/mol. The zero-order valence-electron chi connectivity index (χ0n) is 9.09. The molecule has 4 heteroatoms. The summed E-state index contributed by atoms with van der Waals surface area (Å²) < 4.78 is 9.39. The average molecular weight is 222 g/mol. The van der Waals surface area contributed by atoms with Gasteiger partial charge in [-0.25, -0.2) is 4.79 Å². The maximum absolute atomic E-state index is 11.2. The van der Waals surface area contributed by atoms with Gasteiger partial charge < -0.3 is 9.47 Å². The van der Waals surface area contributed by atoms with Gasteiger partial charge in [0, 0.05) is 6.42 Å². The minimum absolute atomic E-state index is 0.239. The second-order valence-electron chi connectivity index (χ2n) is 3.28. The molecule has 1 rings (SSSR count). The third kappa shape index (κ3) is 4.13. The van der Waals surface area contributed by atoms with Crippen LogP contribution >= 0.6 is 0 Å². The Morgan fingerprint density at radius 3 is 2.69 bits per heavy atom. The van der Waals surface area contributed by atoms with Crippen molar-refractivity contribution in [1.82, 2.24) is 0 Å². The molecule has 86 valence electrons. The molecule has 1 unspecified atom stereocenters. The van der Waals surface area contributed by atoms with Crippen LogP contribution in [-0.2, 0) is 25.5 Å². The maximum atomic E-state index is 11.2. The molecule has 0 spiro atoms. The number of carbonyl (C=O) groups excluding carboxylic acids is 2. The Balaban J connectivity index is 2.25. The molecule has 0 saturated heterocycles. The SMILES string of the molecule is CC(OC=O)C(=O)OCCc1ccccc1. The zero-order valence-corrected chi connectivity index (χ0v) is 9.09. The van der Waals surface area contributed by atoms with Crippen molar-refractivity contribution in [2.45, 2.75) is 19.4 Å². The summed E-state index contributed by atoms with van der Waals surface area (Å²) in [5.74, 6) is -0.525. The first-order chi connectivity index (χ1) is 7.74. The van der Waals surface area contributed by atoms with E-state index in [4.69, 9.17) is 4.74 Å². The summed E-state index contributed by atoms with van der Waals surface area (Å²) in [6.45, 7) is 2.00. The highest BCUT2D eigenvalue weighted by Crippen LogP contribution is 2.00. The minimum atomic E-state index is -0.840. The van der Waals surface area contributed by atoms with Gasteiger partial charge in [-0.3, -0.25) is 4.79 Å². The Hall–Kier alpha value is -1.84. The number of hydrogen-bond acceptors (Lipinski definition) is 4. The monoisotopic (exact) mass is 222 g/mol. The van der Waals surface area contributed by atoms with Gasteiger partial charge in [-0.05, 0) is 12.5 Å². The van der Waals surface area contributed by atoms with Crippen LogP contribution in [0.2, 0.25) is 0 Å². The van der Waals surface area contributed by atoms with E-state index in [-0.39, 0.29) is 13.1 Å². The van der Waals surface area contributed by atoms with Crippen molar-refractivity contribution in [2.24, 2.45) is 0 Å². The molecule has 0 aliphatic rings. The summed E-state index contributed by atoms with van der Waals surface area (Å²) in [6, 6.07) is 9.69. The molecule has 0 aliphatic carbocycles. The number of hydrogen-bond donors (Lipinski definition) is 0. The van der Waals surface area contributed by atoms with E-state index in [2.05, 4.69) is 4.74 Å². The second-order valence-corrected chi connectivity index (χ2v) is 3.28. The summed E-state index contributed by atoms with van der Waals surface area (Å²) >= 11 is 0. The lowest BCUT2D eigenvalue weighted by Gasteiger charge is -2.09. The van der Waals surface area contributed by atoms with E-state index in [9.17, 15) is 9.59 Å². The largest absolute Gasteiger partial charge is 0.463 e. The molecule has 0 fully saturated rings. The molecule has 0 aliphatic heterocycles. The number of benzene rings is 1. The van der Waals surface area contributed by atoms with Gasteiger partial charge in [0.15, 0.2) is 6.10 Å². The molecule has 16 heavy (non-hydrogen) atoms. The van der Waals surface area contributed by atoms with Crippen LogP contribution in [0.5, 0.6) is 0 Å². The fraction of sp³-hybridized carbons (Fsp3) is 0.333. The van der Waals surface area contributed by atoms with Gasteiger partial charge in [-0.2, -0.15) is 0 Å². The molecule has 1 atom stereocenters. The van der Waals surface area contributed by atoms with Crippen molar-refractivity contribution in [1.29, 1.82) is 0 Å². The van der Waals surface area contributed by atoms with E-state index in [1.165, 1.54) is 6.92 Å². The third-order valence-electron chi connectivity index (χ3n) is 2.07. The normalized spacial score (nSPS) is 11.6. The van der Waals surface area contributed by atoms with Gasteiger partial charge in [0.05, 0.1) is 6.61 Å². The number of rotatable bonds is 6. The van der Waals surface area contributed by atoms with Gasteiger partial charge in [0.1, 0.15) is 0 Å². The fourth-order valence-corrected chi connectivity index (χ4v) is 1.17. The van der Waals surface area contributed by atoms with Crippen LogP contribution in [0.3, 0.4) is 0 Å². The summed E-state index contributed by atoms with van der Waals surface area (Å²) in [4.78, 5) is 21.2. The van der Waals surface area contributed by atoms with E-state index in [0.717, 1.165) is 5.56 Å². The number of ether oxygens (including phenoxy) is 2. The Morgan fingerprint density at radius 2 is 2.06 bits per heavy atom. The lowest BCUT2D eigenvalue weighted by atomic mass is 10.2. The highest BCUT2D eigenvalue weighted by Gasteiger charge is 2.14. The first-order valence-corrected chi connectivity index (χ1v) is 5.03. The van der Waals surface area contributed by atoms with Crippen LogP contribution in [0, 0.1) is 0 Å². The van der Waals surface area contributed by atoms with Gasteiger partial charge >= 0.3 is 5.97 Å². The lowest BCUT2D eigenvalue weighted by Crippen LogP contribution is -2.23. The van der Waals surface area contributed by atoms with Crippen LogP contribution in [0.1, 0.15) is 12.5 Å². The minimum Gasteiger partial charge on any atom is -0.463 e. The zero-order chi connectivity index (χ0) is 11.8. The number of esters is 1. The van der Waals surface area contributed by atoms with Crippen molar-refractivity contribution < 1.29 is 19.1 Å². The van der Waals surface area contributed by atoms with E-state index < -0.39 is 12.1 Å². The highest BCUT2D eigenvalue weighted by molar-refractivity contribution is 5.75. The molecule has 0 heterocycles. The van der Waals surface area contributed by atoms with E-state index in [0.29, 0.717) is 6.42 Å². The lowest BCUT2D eigenvalue weighted by molar-refractivity contribution is -0.160. The van der Waals surface area contributed by atoms with Crippen molar-refractivity contribution >= 4 is 12.4 Å². The Morgan fingerprint density at radius 1 is 1.38 bits per heavy atom. The summed E-state index contributed by atoms with van der Waals surface area (Å²) in [6.07, 6.45) is -0.186. The molecule has 0 saturated carbocycles. The van der Waals surface area contributed by atoms with Crippen LogP contribution in [0.4, 0.5) is 0 Å². The molecule has 0 N–H and O–H groups in total. The van der Waals surface area contributed by atoms with Crippen molar-refractivity contribution in [3.05, 3.63) is 35.9 Å². The molecule has 0 radical (unpaired) electrons. The molecule has 0 amide bonds. The average Bonchev–Trinajstić information content (AvgIpc) is 2.30. The van der Waals surface area contributed by atoms with Crippen LogP contribution in [0.15, 0.2) is 30.3 Å². The van der Waals surface area contributed by atoms with E-state index in [1.54, 1.807) is 0 Å². The quantitative estimate of drug-likeness (QED) is 0.538. The van der Waals surface area contributed by atoms with Crippen LogP contribution in [0.25, 0.3) is 0 Å². The van der Waals surface area contributed by atoms with Gasteiger partial charge in [0.2, 0.25) is 0 Å². The van der Waals surface area contributed by atoms with Crippen molar-refractivity contribution in [3.8, 4) is 0 Å². The summed E-state index contributed by atoms with van der Waals surface area (Å²) in [7, 11) is 0. The Kier molecular flexibility index (Phi) is 5.05. The topological polar surface area (TPSA) is 52.6 Å². The van der Waals surface area contributed by atoms with E-state index >= 15 is 0 Å². The molecule has 0 bridgehead atoms. The summed E-state index contributed by atoms with van der Waals surface area (Å²) in [5, 5.41) is 0. The maximum Gasteiger partial charge on any atom is 0.347 e. The van der Waals surface area contributed by atoms with Gasteiger partial charge in [-0.1, -0.05) is 30.3 Å². The highest BCUT2D eigenvalue weighted by atomic mass is 16.6. The number of carbonyl (C=O) groups is 2. The van der Waals surface area contributed by atoms with Crippen LogP contribution < -0.4 is 0 Å². The third-order valence-corrected chi connectivity index (χ3v) is 2.07.